The van der Waals surface area contributed by atoms with Gasteiger partial charge in [-0.15, -0.1) is 0 Å². The van der Waals surface area contributed by atoms with Gasteiger partial charge in [0, 0.05) is 12.5 Å². The van der Waals surface area contributed by atoms with Gasteiger partial charge in [-0.1, -0.05) is 38.1 Å². The molecule has 1 aromatic heterocycles. The molecule has 0 amide bonds. The molecular weight excluding hydrogens is 370 g/mol. The third kappa shape index (κ3) is 2.72. The Morgan fingerprint density at radius 2 is 1.03 bits per heavy atom. The fourth-order valence-electron chi connectivity index (χ4n) is 4.03. The van der Waals surface area contributed by atoms with Gasteiger partial charge >= 0.3 is 11.4 Å². The number of methoxy groups -OCH3 is 2. The van der Waals surface area contributed by atoms with Crippen LogP contribution in [0.15, 0.2) is 58.1 Å². The van der Waals surface area contributed by atoms with E-state index in [-0.39, 0.29) is 11.4 Å². The zero-order chi connectivity index (χ0) is 20.9. The molecule has 150 valence electrons. The lowest BCUT2D eigenvalue weighted by Crippen LogP contribution is -2.36. The Labute approximate surface area is 168 Å². The molecule has 0 N–H and O–H groups in total. The average molecular weight is 393 g/mol. The Hall–Kier alpha value is -3.22. The number of nitrogens with zero attached hydrogens (tertiary/aromatic N) is 3. The molecular formula is C22H23N3O4. The normalized spacial score (nSPS) is 16.0. The van der Waals surface area contributed by atoms with Crippen molar-refractivity contribution in [2.24, 2.45) is 12.5 Å². The van der Waals surface area contributed by atoms with Crippen molar-refractivity contribution in [2.75, 3.05) is 14.2 Å². The highest BCUT2D eigenvalue weighted by atomic mass is 16.5. The van der Waals surface area contributed by atoms with E-state index in [1.54, 1.807) is 14.2 Å². The van der Waals surface area contributed by atoms with E-state index in [0.29, 0.717) is 0 Å². The van der Waals surface area contributed by atoms with E-state index >= 15 is 0 Å². The smallest absolute Gasteiger partial charge is 0.347 e. The first kappa shape index (κ1) is 19.1. The summed E-state index contributed by atoms with van der Waals surface area (Å²) in [6, 6.07) is 16.5. The molecule has 0 aliphatic carbocycles. The van der Waals surface area contributed by atoms with Crippen molar-refractivity contribution >= 4 is 0 Å². The van der Waals surface area contributed by atoms with Crippen LogP contribution in [0.1, 0.15) is 25.0 Å². The molecule has 4 rings (SSSR count). The zero-order valence-electron chi connectivity index (χ0n) is 17.1. The van der Waals surface area contributed by atoms with Gasteiger partial charge in [0.1, 0.15) is 23.6 Å². The second-order valence-electron chi connectivity index (χ2n) is 7.53. The van der Waals surface area contributed by atoms with Crippen molar-refractivity contribution in [1.82, 2.24) is 13.9 Å². The predicted octanol–water partition coefficient (Wildman–Crippen LogP) is 2.26. The largest absolute Gasteiger partial charge is 0.497 e. The third-order valence-electron chi connectivity index (χ3n) is 5.47. The maximum atomic E-state index is 13.0. The van der Waals surface area contributed by atoms with Crippen molar-refractivity contribution < 1.29 is 9.47 Å². The Morgan fingerprint density at radius 3 is 1.34 bits per heavy atom. The predicted molar refractivity (Wildman–Crippen MR) is 109 cm³/mol. The summed E-state index contributed by atoms with van der Waals surface area (Å²) in [5, 5.41) is 0. The summed E-state index contributed by atoms with van der Waals surface area (Å²) >= 11 is 0. The monoisotopic (exact) mass is 393 g/mol. The van der Waals surface area contributed by atoms with Crippen LogP contribution in [0.3, 0.4) is 0 Å². The van der Waals surface area contributed by atoms with Gasteiger partial charge in [0.05, 0.1) is 14.2 Å². The summed E-state index contributed by atoms with van der Waals surface area (Å²) in [6.45, 7) is 4.04. The first-order valence-corrected chi connectivity index (χ1v) is 9.26. The lowest BCUT2D eigenvalue weighted by Gasteiger charge is -2.30. The molecule has 7 nitrogen and oxygen atoms in total. The van der Waals surface area contributed by atoms with Gasteiger partial charge in [-0.25, -0.2) is 23.5 Å². The molecule has 0 saturated carbocycles. The number of benzene rings is 2. The molecule has 0 atom stereocenters. The van der Waals surface area contributed by atoms with E-state index in [0.717, 1.165) is 39.3 Å². The van der Waals surface area contributed by atoms with Crippen LogP contribution in [0.25, 0.3) is 0 Å². The molecule has 2 radical (unpaired) electrons. The molecule has 0 saturated heterocycles. The molecule has 7 heteroatoms. The van der Waals surface area contributed by atoms with Gasteiger partial charge in [0.15, 0.2) is 0 Å². The van der Waals surface area contributed by atoms with Gasteiger partial charge in [0.2, 0.25) is 0 Å². The van der Waals surface area contributed by atoms with E-state index < -0.39 is 5.41 Å². The first-order chi connectivity index (χ1) is 13.8. The van der Waals surface area contributed by atoms with Crippen LogP contribution in [-0.4, -0.2) is 28.2 Å². The van der Waals surface area contributed by atoms with Crippen molar-refractivity contribution in [2.45, 2.75) is 13.8 Å². The van der Waals surface area contributed by atoms with Gasteiger partial charge < -0.3 is 9.47 Å². The van der Waals surface area contributed by atoms with Crippen LogP contribution >= 0.6 is 0 Å². The van der Waals surface area contributed by atoms with Crippen LogP contribution in [0.4, 0.5) is 0 Å². The van der Waals surface area contributed by atoms with Crippen LogP contribution in [0.5, 0.6) is 11.5 Å². The standard InChI is InChI=1S/C22H23N3O4/c1-22(2)18(14-6-10-16(28-4)11-7-14)24-20(26)23(3)21(27)25(24)19(22)15-8-12-17(29-5)13-9-15/h6-13H,1-5H3. The van der Waals surface area contributed by atoms with E-state index in [1.165, 1.54) is 16.4 Å². The van der Waals surface area contributed by atoms with Crippen LogP contribution in [-0.2, 0) is 7.05 Å². The molecule has 3 aromatic rings. The topological polar surface area (TPSA) is 67.4 Å². The minimum atomic E-state index is -0.601. The quantitative estimate of drug-likeness (QED) is 0.682. The van der Waals surface area contributed by atoms with Crippen LogP contribution < -0.4 is 20.9 Å². The number of hydrogen-bond donors (Lipinski definition) is 0. The van der Waals surface area contributed by atoms with E-state index in [9.17, 15) is 9.59 Å². The summed E-state index contributed by atoms with van der Waals surface area (Å²) in [6.07, 6.45) is 0. The SMILES string of the molecule is COc1ccc([C]2n3c(=O)n(C)c(=O)n3[C](c3ccc(OC)cc3)C2(C)C)cc1. The number of rotatable bonds is 4. The second kappa shape index (κ2) is 6.69. The molecule has 2 heterocycles. The van der Waals surface area contributed by atoms with E-state index in [4.69, 9.17) is 9.47 Å². The minimum absolute atomic E-state index is 0.377. The van der Waals surface area contributed by atoms with Crippen LogP contribution in [0, 0.1) is 17.5 Å². The minimum Gasteiger partial charge on any atom is -0.497 e. The summed E-state index contributed by atoms with van der Waals surface area (Å²) in [5.74, 6) is 1.45. The molecule has 1 aliphatic heterocycles. The Balaban J connectivity index is 1.95. The van der Waals surface area contributed by atoms with E-state index in [1.807, 2.05) is 62.4 Å². The first-order valence-electron chi connectivity index (χ1n) is 9.26. The summed E-state index contributed by atoms with van der Waals surface area (Å²) in [5.41, 5.74) is 0.340. The summed E-state index contributed by atoms with van der Waals surface area (Å²) in [7, 11) is 4.71. The molecule has 0 bridgehead atoms. The maximum absolute atomic E-state index is 13.0. The number of ether oxygens (including phenoxy) is 2. The Morgan fingerprint density at radius 1 is 0.690 bits per heavy atom. The highest BCUT2D eigenvalue weighted by Crippen LogP contribution is 2.50. The Bertz CT molecular complexity index is 1060. The number of hydrogen-bond acceptors (Lipinski definition) is 4. The van der Waals surface area contributed by atoms with Crippen molar-refractivity contribution in [1.29, 1.82) is 0 Å². The lowest BCUT2D eigenvalue weighted by molar-refractivity contribution is 0.412. The molecule has 29 heavy (non-hydrogen) atoms. The highest BCUT2D eigenvalue weighted by Gasteiger charge is 2.52. The fourth-order valence-corrected chi connectivity index (χ4v) is 4.03. The van der Waals surface area contributed by atoms with Gasteiger partial charge in [0.25, 0.3) is 0 Å². The van der Waals surface area contributed by atoms with Crippen molar-refractivity contribution in [3.8, 4) is 11.5 Å². The Kier molecular flexibility index (Phi) is 4.41. The molecule has 0 spiro atoms. The lowest BCUT2D eigenvalue weighted by atomic mass is 9.73. The molecule has 2 aromatic carbocycles. The zero-order valence-corrected chi connectivity index (χ0v) is 17.1. The highest BCUT2D eigenvalue weighted by molar-refractivity contribution is 5.49. The summed E-state index contributed by atoms with van der Waals surface area (Å²) in [4.78, 5) is 26.0. The second-order valence-corrected chi connectivity index (χ2v) is 7.53. The summed E-state index contributed by atoms with van der Waals surface area (Å²) < 4.78 is 14.6. The van der Waals surface area contributed by atoms with Gasteiger partial charge in [-0.05, 0) is 35.4 Å². The van der Waals surface area contributed by atoms with Gasteiger partial charge in [-0.3, -0.25) is 0 Å². The van der Waals surface area contributed by atoms with Gasteiger partial charge in [-0.2, -0.15) is 0 Å². The molecule has 0 unspecified atom stereocenters. The van der Waals surface area contributed by atoms with Crippen molar-refractivity contribution in [3.63, 3.8) is 0 Å². The maximum Gasteiger partial charge on any atom is 0.347 e. The van der Waals surface area contributed by atoms with Crippen LogP contribution in [0.2, 0.25) is 0 Å². The molecule has 1 aliphatic rings. The van der Waals surface area contributed by atoms with Crippen molar-refractivity contribution in [3.05, 3.63) is 92.7 Å². The number of aromatic nitrogens is 3. The average Bonchev–Trinajstić information content (AvgIpc) is 3.10. The van der Waals surface area contributed by atoms with E-state index in [2.05, 4.69) is 0 Å². The third-order valence-corrected chi connectivity index (χ3v) is 5.47. The fraction of sp³-hybridized carbons (Fsp3) is 0.273. The molecule has 0 fully saturated rings. The number of fused-ring (bicyclic) bond motifs is 1.